The van der Waals surface area contributed by atoms with Gasteiger partial charge in [0.25, 0.3) is 0 Å². The van der Waals surface area contributed by atoms with Crippen molar-refractivity contribution in [2.75, 3.05) is 0 Å². The topological polar surface area (TPSA) is 42.4 Å². The summed E-state index contributed by atoms with van der Waals surface area (Å²) >= 11 is 0. The Labute approximate surface area is 78.2 Å². The van der Waals surface area contributed by atoms with Gasteiger partial charge in [-0.2, -0.15) is 0 Å². The normalized spacial score (nSPS) is 11.5. The minimum Gasteiger partial charge on any atom is -0.405 e. The maximum atomic E-state index is 11.9. The van der Waals surface area contributed by atoms with Crippen molar-refractivity contribution < 1.29 is 23.0 Å². The van der Waals surface area contributed by atoms with Crippen LogP contribution in [0.4, 0.5) is 13.2 Å². The average Bonchev–Trinajstić information content (AvgIpc) is 2.01. The van der Waals surface area contributed by atoms with Crippen LogP contribution in [-0.2, 0) is 6.61 Å². The zero-order valence-electron chi connectivity index (χ0n) is 7.30. The van der Waals surface area contributed by atoms with Gasteiger partial charge in [0, 0.05) is 23.5 Å². The standard InChI is InChI=1S/C8H8F3NO2/c1-5-2-7(14-8(9,10)11)6(4-13)3-12-5/h2-3,13H,4H2,1H3. The van der Waals surface area contributed by atoms with Gasteiger partial charge in [-0.3, -0.25) is 4.98 Å². The Balaban J connectivity index is 2.99. The van der Waals surface area contributed by atoms with E-state index in [0.29, 0.717) is 5.69 Å². The number of nitrogens with zero attached hydrogens (tertiary/aromatic N) is 1. The molecule has 1 N–H and O–H groups in total. The Morgan fingerprint density at radius 2 is 2.14 bits per heavy atom. The van der Waals surface area contributed by atoms with E-state index >= 15 is 0 Å². The molecule has 0 aliphatic rings. The summed E-state index contributed by atoms with van der Waals surface area (Å²) in [6.45, 7) is 0.989. The Bertz CT molecular complexity index is 325. The fraction of sp³-hybridized carbons (Fsp3) is 0.375. The van der Waals surface area contributed by atoms with Crippen molar-refractivity contribution in [1.82, 2.24) is 4.98 Å². The summed E-state index contributed by atoms with van der Waals surface area (Å²) in [6, 6.07) is 1.12. The number of hydrogen-bond acceptors (Lipinski definition) is 3. The lowest BCUT2D eigenvalue weighted by atomic mass is 10.2. The molecule has 0 atom stereocenters. The summed E-state index contributed by atoms with van der Waals surface area (Å²) in [5, 5.41) is 8.72. The highest BCUT2D eigenvalue weighted by Crippen LogP contribution is 2.26. The number of halogens is 3. The van der Waals surface area contributed by atoms with Crippen LogP contribution in [0.1, 0.15) is 11.3 Å². The predicted octanol–water partition coefficient (Wildman–Crippen LogP) is 1.78. The van der Waals surface area contributed by atoms with Gasteiger partial charge in [-0.25, -0.2) is 0 Å². The van der Waals surface area contributed by atoms with Crippen molar-refractivity contribution in [3.8, 4) is 5.75 Å². The molecule has 1 aromatic heterocycles. The highest BCUT2D eigenvalue weighted by Gasteiger charge is 2.32. The molecule has 0 radical (unpaired) electrons. The molecule has 0 aliphatic heterocycles. The molecule has 0 aliphatic carbocycles. The minimum atomic E-state index is -4.75. The first-order valence-electron chi connectivity index (χ1n) is 3.74. The van der Waals surface area contributed by atoms with Gasteiger partial charge in [-0.15, -0.1) is 13.2 Å². The van der Waals surface area contributed by atoms with Gasteiger partial charge >= 0.3 is 6.36 Å². The number of hydrogen-bond donors (Lipinski definition) is 1. The number of aliphatic hydroxyl groups is 1. The molecule has 0 amide bonds. The Kier molecular flexibility index (Phi) is 2.95. The quantitative estimate of drug-likeness (QED) is 0.803. The number of aliphatic hydroxyl groups excluding tert-OH is 1. The van der Waals surface area contributed by atoms with Crippen LogP contribution in [0.3, 0.4) is 0 Å². The van der Waals surface area contributed by atoms with Crippen molar-refractivity contribution in [3.05, 3.63) is 23.5 Å². The maximum absolute atomic E-state index is 11.9. The molecule has 0 unspecified atom stereocenters. The molecule has 0 aromatic carbocycles. The number of ether oxygens (including phenoxy) is 1. The van der Waals surface area contributed by atoms with E-state index in [1.807, 2.05) is 0 Å². The number of aromatic nitrogens is 1. The summed E-state index contributed by atoms with van der Waals surface area (Å²) in [4.78, 5) is 3.73. The third kappa shape index (κ3) is 2.88. The summed E-state index contributed by atoms with van der Waals surface area (Å²) in [7, 11) is 0. The summed E-state index contributed by atoms with van der Waals surface area (Å²) < 4.78 is 39.3. The van der Waals surface area contributed by atoms with E-state index in [-0.39, 0.29) is 5.56 Å². The second kappa shape index (κ2) is 3.83. The van der Waals surface area contributed by atoms with Crippen LogP contribution in [0.15, 0.2) is 12.3 Å². The van der Waals surface area contributed by atoms with Gasteiger partial charge in [0.05, 0.1) is 6.61 Å². The summed E-state index contributed by atoms with van der Waals surface area (Å²) in [5.41, 5.74) is 0.398. The van der Waals surface area contributed by atoms with Gasteiger partial charge in [0.2, 0.25) is 0 Å². The zero-order chi connectivity index (χ0) is 10.8. The summed E-state index contributed by atoms with van der Waals surface area (Å²) in [6.07, 6.45) is -3.60. The van der Waals surface area contributed by atoms with Crippen LogP contribution < -0.4 is 4.74 Å². The van der Waals surface area contributed by atoms with Crippen LogP contribution in [0.25, 0.3) is 0 Å². The molecule has 1 heterocycles. The molecule has 3 nitrogen and oxygen atoms in total. The molecule has 1 rings (SSSR count). The molecule has 0 saturated heterocycles. The van der Waals surface area contributed by atoms with Gasteiger partial charge in [0.15, 0.2) is 0 Å². The van der Waals surface area contributed by atoms with Gasteiger partial charge in [0.1, 0.15) is 5.75 Å². The molecule has 0 fully saturated rings. The molecular weight excluding hydrogens is 199 g/mol. The first-order chi connectivity index (χ1) is 6.42. The molecule has 0 bridgehead atoms. The molecule has 0 saturated carbocycles. The van der Waals surface area contributed by atoms with E-state index in [0.717, 1.165) is 12.3 Å². The van der Waals surface area contributed by atoms with Crippen molar-refractivity contribution in [2.45, 2.75) is 19.9 Å². The number of rotatable bonds is 2. The Morgan fingerprint density at radius 1 is 1.50 bits per heavy atom. The molecule has 6 heteroatoms. The van der Waals surface area contributed by atoms with Gasteiger partial charge < -0.3 is 9.84 Å². The van der Waals surface area contributed by atoms with Crippen LogP contribution in [0.5, 0.6) is 5.75 Å². The fourth-order valence-corrected chi connectivity index (χ4v) is 0.901. The first-order valence-corrected chi connectivity index (χ1v) is 3.74. The van der Waals surface area contributed by atoms with E-state index < -0.39 is 18.7 Å². The maximum Gasteiger partial charge on any atom is 0.573 e. The molecule has 0 spiro atoms. The second-order valence-corrected chi connectivity index (χ2v) is 2.64. The zero-order valence-corrected chi connectivity index (χ0v) is 7.30. The lowest BCUT2D eigenvalue weighted by Gasteiger charge is -2.11. The summed E-state index contributed by atoms with van der Waals surface area (Å²) in [5.74, 6) is -0.410. The van der Waals surface area contributed by atoms with Crippen LogP contribution in [-0.4, -0.2) is 16.5 Å². The second-order valence-electron chi connectivity index (χ2n) is 2.64. The van der Waals surface area contributed by atoms with E-state index in [9.17, 15) is 13.2 Å². The predicted molar refractivity (Wildman–Crippen MR) is 41.6 cm³/mol. The van der Waals surface area contributed by atoms with E-state index in [2.05, 4.69) is 9.72 Å². The van der Waals surface area contributed by atoms with Crippen molar-refractivity contribution in [1.29, 1.82) is 0 Å². The lowest BCUT2D eigenvalue weighted by molar-refractivity contribution is -0.275. The number of pyridine rings is 1. The Morgan fingerprint density at radius 3 is 2.64 bits per heavy atom. The molecule has 1 aromatic rings. The number of aryl methyl sites for hydroxylation is 1. The monoisotopic (exact) mass is 207 g/mol. The van der Waals surface area contributed by atoms with Crippen molar-refractivity contribution >= 4 is 0 Å². The lowest BCUT2D eigenvalue weighted by Crippen LogP contribution is -2.18. The minimum absolute atomic E-state index is 0.00734. The van der Waals surface area contributed by atoms with E-state index in [1.54, 1.807) is 0 Å². The largest absolute Gasteiger partial charge is 0.573 e. The van der Waals surface area contributed by atoms with Crippen molar-refractivity contribution in [2.24, 2.45) is 0 Å². The third-order valence-corrected chi connectivity index (χ3v) is 1.48. The highest BCUT2D eigenvalue weighted by atomic mass is 19.4. The highest BCUT2D eigenvalue weighted by molar-refractivity contribution is 5.32. The molecular formula is C8H8F3NO2. The third-order valence-electron chi connectivity index (χ3n) is 1.48. The van der Waals surface area contributed by atoms with Crippen molar-refractivity contribution in [3.63, 3.8) is 0 Å². The molecule has 78 valence electrons. The van der Waals surface area contributed by atoms with E-state index in [4.69, 9.17) is 5.11 Å². The fourth-order valence-electron chi connectivity index (χ4n) is 0.901. The Hall–Kier alpha value is -1.30. The van der Waals surface area contributed by atoms with Crippen LogP contribution in [0, 0.1) is 6.92 Å². The van der Waals surface area contributed by atoms with Crippen LogP contribution in [0.2, 0.25) is 0 Å². The first kappa shape index (κ1) is 10.8. The average molecular weight is 207 g/mol. The van der Waals surface area contributed by atoms with Gasteiger partial charge in [-0.1, -0.05) is 0 Å². The van der Waals surface area contributed by atoms with Gasteiger partial charge in [-0.05, 0) is 6.92 Å². The SMILES string of the molecule is Cc1cc(OC(F)(F)F)c(CO)cn1. The van der Waals surface area contributed by atoms with Crippen LogP contribution >= 0.6 is 0 Å². The smallest absolute Gasteiger partial charge is 0.405 e. The number of alkyl halides is 3. The molecule has 14 heavy (non-hydrogen) atoms. The van der Waals surface area contributed by atoms with E-state index in [1.165, 1.54) is 6.92 Å².